The third-order valence-corrected chi connectivity index (χ3v) is 8.00. The van der Waals surface area contributed by atoms with Crippen LogP contribution in [0.4, 0.5) is 11.5 Å². The van der Waals surface area contributed by atoms with E-state index in [4.69, 9.17) is 14.7 Å². The number of nitrogens with zero attached hydrogens (tertiary/aromatic N) is 7. The standard InChI is InChI=1S/C26H31N7O2S/c1-30(26-27-9-4-12-33(26)34)18-21-17-22-23(36-21)25(32-13-15-35-16-14-32)29-24(28-22)19-5-7-20(8-6-19)31-10-2-3-11-31/h4-9,12,17,26,34H,2-3,10-11,13-16,18H2,1H3. The highest BCUT2D eigenvalue weighted by molar-refractivity contribution is 7.19. The maximum Gasteiger partial charge on any atom is 0.201 e. The van der Waals surface area contributed by atoms with E-state index in [0.29, 0.717) is 19.8 Å². The SMILES string of the molecule is CN(Cc1cc2nc(-c3ccc(N4CCCC4)cc3)nc(N3CCOCC3)c2s1)C1N=CC=CN1O. The molecule has 10 heteroatoms. The van der Waals surface area contributed by atoms with Crippen molar-refractivity contribution in [1.82, 2.24) is 19.9 Å². The lowest BCUT2D eigenvalue weighted by atomic mass is 10.1. The summed E-state index contributed by atoms with van der Waals surface area (Å²) in [6, 6.07) is 10.8. The van der Waals surface area contributed by atoms with Gasteiger partial charge in [-0.05, 0) is 56.3 Å². The first-order chi connectivity index (χ1) is 17.7. The Labute approximate surface area is 214 Å². The zero-order valence-electron chi connectivity index (χ0n) is 20.5. The van der Waals surface area contributed by atoms with E-state index in [0.717, 1.165) is 63.5 Å². The average Bonchev–Trinajstić information content (AvgIpc) is 3.59. The fourth-order valence-electron chi connectivity index (χ4n) is 5.00. The van der Waals surface area contributed by atoms with Crippen LogP contribution in [0, 0.1) is 0 Å². The Bertz CT molecular complexity index is 1260. The van der Waals surface area contributed by atoms with Gasteiger partial charge in [0.2, 0.25) is 6.29 Å². The molecular weight excluding hydrogens is 474 g/mol. The van der Waals surface area contributed by atoms with Crippen LogP contribution < -0.4 is 9.80 Å². The lowest BCUT2D eigenvalue weighted by Crippen LogP contribution is -2.41. The Morgan fingerprint density at radius 2 is 1.83 bits per heavy atom. The van der Waals surface area contributed by atoms with Crippen molar-refractivity contribution in [3.05, 3.63) is 47.5 Å². The number of thiophene rings is 1. The van der Waals surface area contributed by atoms with Crippen molar-refractivity contribution < 1.29 is 9.94 Å². The normalized spacial score (nSPS) is 20.3. The predicted molar refractivity (Wildman–Crippen MR) is 144 cm³/mol. The van der Waals surface area contributed by atoms with Crippen LogP contribution in [-0.2, 0) is 11.3 Å². The number of anilines is 2. The van der Waals surface area contributed by atoms with Crippen LogP contribution in [0.5, 0.6) is 0 Å². The second-order valence-electron chi connectivity index (χ2n) is 9.42. The number of fused-ring (bicyclic) bond motifs is 1. The molecule has 2 aromatic heterocycles. The molecule has 0 aliphatic carbocycles. The van der Waals surface area contributed by atoms with Crippen molar-refractivity contribution in [2.24, 2.45) is 4.99 Å². The van der Waals surface area contributed by atoms with Crippen molar-refractivity contribution in [3.8, 4) is 11.4 Å². The predicted octanol–water partition coefficient (Wildman–Crippen LogP) is 3.80. The van der Waals surface area contributed by atoms with Crippen molar-refractivity contribution in [3.63, 3.8) is 0 Å². The molecule has 2 saturated heterocycles. The highest BCUT2D eigenvalue weighted by Gasteiger charge is 2.23. The van der Waals surface area contributed by atoms with Crippen LogP contribution in [-0.4, -0.2) is 84.1 Å². The van der Waals surface area contributed by atoms with E-state index in [1.807, 2.05) is 11.9 Å². The molecule has 5 heterocycles. The minimum Gasteiger partial charge on any atom is -0.378 e. The molecule has 3 aliphatic rings. The number of morpholine rings is 1. The molecule has 3 aromatic rings. The van der Waals surface area contributed by atoms with Crippen LogP contribution in [0.1, 0.15) is 17.7 Å². The average molecular weight is 506 g/mol. The van der Waals surface area contributed by atoms with E-state index < -0.39 is 6.29 Å². The van der Waals surface area contributed by atoms with E-state index in [9.17, 15) is 5.21 Å². The Balaban J connectivity index is 1.33. The van der Waals surface area contributed by atoms with Gasteiger partial charge in [-0.25, -0.2) is 15.0 Å². The number of ether oxygens (including phenoxy) is 1. The molecule has 1 unspecified atom stereocenters. The van der Waals surface area contributed by atoms with E-state index >= 15 is 0 Å². The number of allylic oxidation sites excluding steroid dienone is 1. The van der Waals surface area contributed by atoms with Gasteiger partial charge in [0.15, 0.2) is 11.6 Å². The van der Waals surface area contributed by atoms with Gasteiger partial charge in [0.05, 0.1) is 23.4 Å². The summed E-state index contributed by atoms with van der Waals surface area (Å²) in [5.74, 6) is 1.72. The Hall–Kier alpha value is -3.05. The van der Waals surface area contributed by atoms with Crippen molar-refractivity contribution in [1.29, 1.82) is 0 Å². The number of hydroxylamine groups is 2. The van der Waals surface area contributed by atoms with Gasteiger partial charge in [-0.3, -0.25) is 15.1 Å². The van der Waals surface area contributed by atoms with E-state index in [1.165, 1.54) is 18.5 Å². The minimum atomic E-state index is -0.449. The maximum atomic E-state index is 10.2. The summed E-state index contributed by atoms with van der Waals surface area (Å²) < 4.78 is 6.69. The topological polar surface area (TPSA) is 80.6 Å². The Kier molecular flexibility index (Phi) is 6.58. The van der Waals surface area contributed by atoms with Gasteiger partial charge in [0, 0.05) is 61.3 Å². The van der Waals surface area contributed by atoms with Crippen LogP contribution in [0.3, 0.4) is 0 Å². The molecule has 0 bridgehead atoms. The van der Waals surface area contributed by atoms with Crippen LogP contribution in [0.25, 0.3) is 21.6 Å². The summed E-state index contributed by atoms with van der Waals surface area (Å²) >= 11 is 1.71. The number of rotatable bonds is 6. The second kappa shape index (κ2) is 10.1. The molecular formula is C26H31N7O2S. The fraction of sp³-hybridized carbons (Fsp3) is 0.423. The zero-order chi connectivity index (χ0) is 24.5. The molecule has 188 valence electrons. The largest absolute Gasteiger partial charge is 0.378 e. The number of hydrogen-bond acceptors (Lipinski definition) is 10. The molecule has 1 atom stereocenters. The lowest BCUT2D eigenvalue weighted by Gasteiger charge is -2.30. The van der Waals surface area contributed by atoms with Gasteiger partial charge in [-0.1, -0.05) is 0 Å². The number of aromatic nitrogens is 2. The fourth-order valence-corrected chi connectivity index (χ4v) is 6.18. The summed E-state index contributed by atoms with van der Waals surface area (Å²) in [6.07, 6.45) is 7.12. The van der Waals surface area contributed by atoms with Crippen molar-refractivity contribution in [2.75, 3.05) is 56.2 Å². The second-order valence-corrected chi connectivity index (χ2v) is 10.6. The van der Waals surface area contributed by atoms with Crippen LogP contribution in [0.2, 0.25) is 0 Å². The van der Waals surface area contributed by atoms with Crippen molar-refractivity contribution in [2.45, 2.75) is 25.7 Å². The highest BCUT2D eigenvalue weighted by Crippen LogP contribution is 2.35. The van der Waals surface area contributed by atoms with E-state index in [-0.39, 0.29) is 0 Å². The number of hydrogen-bond donors (Lipinski definition) is 1. The summed E-state index contributed by atoms with van der Waals surface area (Å²) in [7, 11) is 1.96. The molecule has 6 rings (SSSR count). The summed E-state index contributed by atoms with van der Waals surface area (Å²) in [5.41, 5.74) is 3.25. The first-order valence-corrected chi connectivity index (χ1v) is 13.3. The van der Waals surface area contributed by atoms with Crippen molar-refractivity contribution >= 4 is 39.3 Å². The molecule has 0 spiro atoms. The van der Waals surface area contributed by atoms with E-state index in [2.05, 4.69) is 45.1 Å². The summed E-state index contributed by atoms with van der Waals surface area (Å²) in [6.45, 7) is 5.93. The molecule has 1 N–H and O–H groups in total. The van der Waals surface area contributed by atoms with Gasteiger partial charge in [0.25, 0.3) is 0 Å². The smallest absolute Gasteiger partial charge is 0.201 e. The monoisotopic (exact) mass is 505 g/mol. The molecule has 9 nitrogen and oxygen atoms in total. The molecule has 3 aliphatic heterocycles. The summed E-state index contributed by atoms with van der Waals surface area (Å²) in [4.78, 5) is 22.4. The Morgan fingerprint density at radius 3 is 2.58 bits per heavy atom. The first kappa shape index (κ1) is 23.4. The first-order valence-electron chi connectivity index (χ1n) is 12.5. The molecule has 0 saturated carbocycles. The zero-order valence-corrected chi connectivity index (χ0v) is 21.3. The van der Waals surface area contributed by atoms with Gasteiger partial charge in [0.1, 0.15) is 0 Å². The highest BCUT2D eigenvalue weighted by atomic mass is 32.1. The quantitative estimate of drug-likeness (QED) is 0.542. The summed E-state index contributed by atoms with van der Waals surface area (Å²) in [5, 5.41) is 11.3. The third-order valence-electron chi connectivity index (χ3n) is 6.89. The van der Waals surface area contributed by atoms with Gasteiger partial charge in [-0.15, -0.1) is 11.3 Å². The van der Waals surface area contributed by atoms with E-state index in [1.54, 1.807) is 29.8 Å². The molecule has 1 aromatic carbocycles. The van der Waals surface area contributed by atoms with Gasteiger partial charge >= 0.3 is 0 Å². The van der Waals surface area contributed by atoms with Gasteiger partial charge < -0.3 is 14.5 Å². The number of benzene rings is 1. The number of aliphatic imine (C=N–C) groups is 1. The molecule has 36 heavy (non-hydrogen) atoms. The Morgan fingerprint density at radius 1 is 1.06 bits per heavy atom. The van der Waals surface area contributed by atoms with Gasteiger partial charge in [-0.2, -0.15) is 0 Å². The lowest BCUT2D eigenvalue weighted by molar-refractivity contribution is -0.125. The van der Waals surface area contributed by atoms with Crippen LogP contribution >= 0.6 is 11.3 Å². The molecule has 0 amide bonds. The molecule has 0 radical (unpaired) electrons. The van der Waals surface area contributed by atoms with Crippen LogP contribution in [0.15, 0.2) is 47.6 Å². The minimum absolute atomic E-state index is 0.449. The maximum absolute atomic E-state index is 10.2. The third kappa shape index (κ3) is 4.69. The molecule has 2 fully saturated rings.